The van der Waals surface area contributed by atoms with E-state index >= 15 is 4.39 Å². The summed E-state index contributed by atoms with van der Waals surface area (Å²) in [5.74, 6) is 0.888. The molecule has 3 aromatic carbocycles. The lowest BCUT2D eigenvalue weighted by Gasteiger charge is -2.12. The van der Waals surface area contributed by atoms with Gasteiger partial charge in [0.15, 0.2) is 11.6 Å². The summed E-state index contributed by atoms with van der Waals surface area (Å²) in [5.41, 5.74) is 2.73. The molecule has 7 nitrogen and oxygen atoms in total. The number of rotatable bonds is 10. The highest BCUT2D eigenvalue weighted by molar-refractivity contribution is 6.32. The highest BCUT2D eigenvalue weighted by Gasteiger charge is 2.23. The summed E-state index contributed by atoms with van der Waals surface area (Å²) in [6.07, 6.45) is 0.227. The summed E-state index contributed by atoms with van der Waals surface area (Å²) in [4.78, 5) is 3.84. The van der Waals surface area contributed by atoms with E-state index in [4.69, 9.17) is 41.8 Å². The Balaban J connectivity index is 1.33. The molecule has 4 aromatic rings. The molecule has 1 atom stereocenters. The van der Waals surface area contributed by atoms with Crippen LogP contribution in [-0.2, 0) is 17.7 Å². The first kappa shape index (κ1) is 25.2. The Bertz CT molecular complexity index is 1460. The van der Waals surface area contributed by atoms with Gasteiger partial charge in [-0.25, -0.2) is 4.39 Å². The number of aryl methyl sites for hydroxylation is 1. The van der Waals surface area contributed by atoms with Gasteiger partial charge in [0.1, 0.15) is 24.2 Å². The van der Waals surface area contributed by atoms with Crippen molar-refractivity contribution in [1.29, 1.82) is 0 Å². The molecule has 10 heteroatoms. The fourth-order valence-corrected chi connectivity index (χ4v) is 4.17. The first-order valence-corrected chi connectivity index (χ1v) is 12.2. The van der Waals surface area contributed by atoms with Gasteiger partial charge in [-0.15, -0.1) is 10.2 Å². The van der Waals surface area contributed by atoms with E-state index in [0.717, 1.165) is 29.0 Å². The fraction of sp³-hybridized carbons (Fsp3) is 0.222. The molecule has 5 rings (SSSR count). The molecule has 1 aliphatic rings. The highest BCUT2D eigenvalue weighted by atomic mass is 35.5. The first-order valence-electron chi connectivity index (χ1n) is 11.4. The van der Waals surface area contributed by atoms with E-state index in [0.29, 0.717) is 29.8 Å². The Hall–Kier alpha value is -3.46. The maximum Gasteiger partial charge on any atom is 0.248 e. The van der Waals surface area contributed by atoms with Gasteiger partial charge in [-0.1, -0.05) is 29.3 Å². The molecular weight excluding hydrogens is 520 g/mol. The number of benzene rings is 3. The van der Waals surface area contributed by atoms with Crippen molar-refractivity contribution < 1.29 is 23.0 Å². The van der Waals surface area contributed by atoms with Crippen molar-refractivity contribution in [2.45, 2.75) is 26.0 Å². The normalized spacial score (nSPS) is 14.4. The maximum atomic E-state index is 15.4. The van der Waals surface area contributed by atoms with Crippen molar-refractivity contribution in [2.75, 3.05) is 13.2 Å². The molecule has 0 amide bonds. The van der Waals surface area contributed by atoms with E-state index in [9.17, 15) is 0 Å². The SMILES string of the molecule is C=NCc1cc(Cl)cc(Oc2c(Cl)ccc(Cc3nnc(-c4ccc(OC[C@@H]5CO5)cc4C)o3)c2F)c1. The Morgan fingerprint density at radius 2 is 1.95 bits per heavy atom. The van der Waals surface area contributed by atoms with Crippen LogP contribution in [0.4, 0.5) is 4.39 Å². The number of epoxide rings is 1. The van der Waals surface area contributed by atoms with Crippen molar-refractivity contribution in [1.82, 2.24) is 10.2 Å². The zero-order valence-electron chi connectivity index (χ0n) is 19.8. The monoisotopic (exact) mass is 541 g/mol. The van der Waals surface area contributed by atoms with Crippen molar-refractivity contribution in [3.63, 3.8) is 0 Å². The van der Waals surface area contributed by atoms with Crippen LogP contribution >= 0.6 is 23.2 Å². The second kappa shape index (κ2) is 10.9. The molecule has 1 aliphatic heterocycles. The largest absolute Gasteiger partial charge is 0.491 e. The molecule has 1 fully saturated rings. The van der Waals surface area contributed by atoms with E-state index in [2.05, 4.69) is 21.9 Å². The van der Waals surface area contributed by atoms with E-state index in [-0.39, 0.29) is 34.8 Å². The van der Waals surface area contributed by atoms with Gasteiger partial charge in [0.25, 0.3) is 0 Å². The lowest BCUT2D eigenvalue weighted by atomic mass is 10.1. The van der Waals surface area contributed by atoms with Crippen molar-refractivity contribution in [3.8, 4) is 28.7 Å². The Labute approximate surface area is 222 Å². The van der Waals surface area contributed by atoms with Crippen LogP contribution in [0.2, 0.25) is 10.0 Å². The van der Waals surface area contributed by atoms with Gasteiger partial charge in [0.05, 0.1) is 24.6 Å². The van der Waals surface area contributed by atoms with Gasteiger partial charge in [0.2, 0.25) is 11.8 Å². The molecule has 1 aromatic heterocycles. The third-order valence-corrected chi connectivity index (χ3v) is 6.17. The summed E-state index contributed by atoms with van der Waals surface area (Å²) in [6, 6.07) is 13.7. The van der Waals surface area contributed by atoms with Crippen molar-refractivity contribution in [3.05, 3.63) is 87.0 Å². The summed E-state index contributed by atoms with van der Waals surface area (Å²) in [5, 5.41) is 8.79. The molecule has 0 spiro atoms. The predicted molar refractivity (Wildman–Crippen MR) is 139 cm³/mol. The average molecular weight is 542 g/mol. The average Bonchev–Trinajstić information content (AvgIpc) is 3.59. The van der Waals surface area contributed by atoms with Crippen LogP contribution in [0.15, 0.2) is 57.9 Å². The molecular formula is C27H22Cl2FN3O4. The molecule has 0 radical (unpaired) electrons. The second-order valence-electron chi connectivity index (χ2n) is 8.55. The molecule has 0 N–H and O–H groups in total. The van der Waals surface area contributed by atoms with Gasteiger partial charge in [-0.05, 0) is 67.2 Å². The fourth-order valence-electron chi connectivity index (χ4n) is 3.74. The van der Waals surface area contributed by atoms with Gasteiger partial charge in [-0.2, -0.15) is 0 Å². The predicted octanol–water partition coefficient (Wildman–Crippen LogP) is 6.85. The lowest BCUT2D eigenvalue weighted by molar-refractivity contribution is 0.263. The quantitative estimate of drug-likeness (QED) is 0.161. The zero-order valence-corrected chi connectivity index (χ0v) is 21.4. The highest BCUT2D eigenvalue weighted by Crippen LogP contribution is 2.36. The number of ether oxygens (including phenoxy) is 3. The van der Waals surface area contributed by atoms with E-state index in [1.54, 1.807) is 30.3 Å². The van der Waals surface area contributed by atoms with Gasteiger partial charge < -0.3 is 18.6 Å². The number of nitrogens with zero attached hydrogens (tertiary/aromatic N) is 3. The number of aliphatic imine (C=N–C) groups is 1. The first-order chi connectivity index (χ1) is 17.9. The number of aromatic nitrogens is 2. The minimum Gasteiger partial charge on any atom is -0.491 e. The zero-order chi connectivity index (χ0) is 25.9. The molecule has 0 aliphatic carbocycles. The molecule has 1 saturated heterocycles. The smallest absolute Gasteiger partial charge is 0.248 e. The minimum atomic E-state index is -0.632. The van der Waals surface area contributed by atoms with E-state index < -0.39 is 5.82 Å². The van der Waals surface area contributed by atoms with E-state index in [1.165, 1.54) is 0 Å². The van der Waals surface area contributed by atoms with Crippen LogP contribution in [-0.4, -0.2) is 36.2 Å². The van der Waals surface area contributed by atoms with Crippen LogP contribution in [0.25, 0.3) is 11.5 Å². The van der Waals surface area contributed by atoms with Crippen LogP contribution in [0.3, 0.4) is 0 Å². The lowest BCUT2D eigenvalue weighted by Crippen LogP contribution is -2.04. The molecule has 190 valence electrons. The van der Waals surface area contributed by atoms with Crippen LogP contribution in [0.5, 0.6) is 17.2 Å². The molecule has 0 unspecified atom stereocenters. The third-order valence-electron chi connectivity index (χ3n) is 5.65. The molecule has 0 bridgehead atoms. The molecule has 37 heavy (non-hydrogen) atoms. The third kappa shape index (κ3) is 6.10. The van der Waals surface area contributed by atoms with Gasteiger partial charge in [0, 0.05) is 16.1 Å². The van der Waals surface area contributed by atoms with Crippen LogP contribution in [0.1, 0.15) is 22.6 Å². The van der Waals surface area contributed by atoms with E-state index in [1.807, 2.05) is 25.1 Å². The number of hydrogen-bond acceptors (Lipinski definition) is 7. The molecule has 0 saturated carbocycles. The van der Waals surface area contributed by atoms with Gasteiger partial charge >= 0.3 is 0 Å². The van der Waals surface area contributed by atoms with Crippen LogP contribution < -0.4 is 9.47 Å². The van der Waals surface area contributed by atoms with Crippen LogP contribution in [0, 0.1) is 12.7 Å². The number of halogens is 3. The number of hydrogen-bond donors (Lipinski definition) is 0. The summed E-state index contributed by atoms with van der Waals surface area (Å²) in [6.45, 7) is 7.00. The molecule has 2 heterocycles. The summed E-state index contributed by atoms with van der Waals surface area (Å²) in [7, 11) is 0. The second-order valence-corrected chi connectivity index (χ2v) is 9.39. The minimum absolute atomic E-state index is 0.0508. The standard InChI is InChI=1S/C27H22Cl2FN3O4/c1-15-7-19(34-13-21-14-35-21)4-5-22(15)27-33-32-24(37-27)10-17-3-6-23(29)26(25(17)30)36-20-9-16(12-31-2)8-18(28)11-20/h3-9,11,21H,2,10,12-14H2,1H3/t21-/m1/s1. The Morgan fingerprint density at radius 1 is 1.11 bits per heavy atom. The topological polar surface area (TPSA) is 82.3 Å². The summed E-state index contributed by atoms with van der Waals surface area (Å²) >= 11 is 12.4. The van der Waals surface area contributed by atoms with Gasteiger partial charge in [-0.3, -0.25) is 4.99 Å². The Kier molecular flexibility index (Phi) is 7.41. The van der Waals surface area contributed by atoms with Crippen molar-refractivity contribution >= 4 is 29.9 Å². The summed E-state index contributed by atoms with van der Waals surface area (Å²) < 4.78 is 38.0. The van der Waals surface area contributed by atoms with Crippen molar-refractivity contribution in [2.24, 2.45) is 4.99 Å². The maximum absolute atomic E-state index is 15.4. The Morgan fingerprint density at radius 3 is 2.70 bits per heavy atom.